The lowest BCUT2D eigenvalue weighted by Crippen LogP contribution is -2.14. The van der Waals surface area contributed by atoms with Crippen molar-refractivity contribution < 1.29 is 14.7 Å². The molecule has 0 fully saturated rings. The predicted octanol–water partition coefficient (Wildman–Crippen LogP) is 2.66. The van der Waals surface area contributed by atoms with Gasteiger partial charge in [-0.2, -0.15) is 0 Å². The highest BCUT2D eigenvalue weighted by Crippen LogP contribution is 2.18. The van der Waals surface area contributed by atoms with E-state index < -0.39 is 5.97 Å². The highest BCUT2D eigenvalue weighted by atomic mass is 16.4. The molecule has 0 bridgehead atoms. The molecule has 0 saturated heterocycles. The summed E-state index contributed by atoms with van der Waals surface area (Å²) in [5.41, 5.74) is 2.74. The lowest BCUT2D eigenvalue weighted by molar-refractivity contribution is -0.136. The summed E-state index contributed by atoms with van der Waals surface area (Å²) in [6.07, 6.45) is 1.92. The van der Waals surface area contributed by atoms with Gasteiger partial charge in [0.15, 0.2) is 0 Å². The SMILES string of the molecule is Cc1ccc(C(=O)Nc2ccccc2CCC(=O)O)cn1. The van der Waals surface area contributed by atoms with E-state index >= 15 is 0 Å². The van der Waals surface area contributed by atoms with Gasteiger partial charge < -0.3 is 10.4 Å². The monoisotopic (exact) mass is 284 g/mol. The molecular formula is C16H16N2O3. The Hall–Kier alpha value is -2.69. The molecular weight excluding hydrogens is 268 g/mol. The van der Waals surface area contributed by atoms with Crippen molar-refractivity contribution >= 4 is 17.6 Å². The Morgan fingerprint density at radius 2 is 1.95 bits per heavy atom. The quantitative estimate of drug-likeness (QED) is 0.884. The molecule has 2 N–H and O–H groups in total. The first-order valence-corrected chi connectivity index (χ1v) is 6.60. The zero-order chi connectivity index (χ0) is 15.2. The van der Waals surface area contributed by atoms with E-state index in [9.17, 15) is 9.59 Å². The van der Waals surface area contributed by atoms with Gasteiger partial charge in [0.1, 0.15) is 0 Å². The van der Waals surface area contributed by atoms with Gasteiger partial charge in [-0.25, -0.2) is 0 Å². The summed E-state index contributed by atoms with van der Waals surface area (Å²) in [7, 11) is 0. The van der Waals surface area contributed by atoms with Crippen molar-refractivity contribution in [2.75, 3.05) is 5.32 Å². The van der Waals surface area contributed by atoms with Gasteiger partial charge in [0.25, 0.3) is 5.91 Å². The van der Waals surface area contributed by atoms with Crippen LogP contribution in [0.25, 0.3) is 0 Å². The number of pyridine rings is 1. The molecule has 2 rings (SSSR count). The summed E-state index contributed by atoms with van der Waals surface area (Å²) in [5.74, 6) is -1.12. The number of aryl methyl sites for hydroxylation is 2. The number of hydrogen-bond acceptors (Lipinski definition) is 3. The Kier molecular flexibility index (Phi) is 4.66. The number of amides is 1. The van der Waals surface area contributed by atoms with Crippen molar-refractivity contribution in [1.29, 1.82) is 0 Å². The van der Waals surface area contributed by atoms with Crippen LogP contribution >= 0.6 is 0 Å². The van der Waals surface area contributed by atoms with Gasteiger partial charge in [-0.15, -0.1) is 0 Å². The first-order chi connectivity index (χ1) is 10.1. The Morgan fingerprint density at radius 3 is 2.62 bits per heavy atom. The Bertz CT molecular complexity index is 651. The number of para-hydroxylation sites is 1. The largest absolute Gasteiger partial charge is 0.481 e. The van der Waals surface area contributed by atoms with Gasteiger partial charge in [-0.3, -0.25) is 14.6 Å². The number of nitrogens with zero attached hydrogens (tertiary/aromatic N) is 1. The molecule has 0 unspecified atom stereocenters. The van der Waals surface area contributed by atoms with Crippen LogP contribution in [0.5, 0.6) is 0 Å². The third kappa shape index (κ3) is 4.14. The van der Waals surface area contributed by atoms with Crippen LogP contribution in [-0.4, -0.2) is 22.0 Å². The van der Waals surface area contributed by atoms with E-state index in [1.54, 1.807) is 24.3 Å². The standard InChI is InChI=1S/C16H16N2O3/c1-11-6-7-13(10-17-11)16(21)18-14-5-3-2-4-12(14)8-9-15(19)20/h2-7,10H,8-9H2,1H3,(H,18,21)(H,19,20). The third-order valence-electron chi connectivity index (χ3n) is 3.05. The Balaban J connectivity index is 2.13. The summed E-state index contributed by atoms with van der Waals surface area (Å²) in [6.45, 7) is 1.85. The Morgan fingerprint density at radius 1 is 1.19 bits per heavy atom. The van der Waals surface area contributed by atoms with Gasteiger partial charge in [-0.1, -0.05) is 18.2 Å². The van der Waals surface area contributed by atoms with E-state index in [2.05, 4.69) is 10.3 Å². The minimum absolute atomic E-state index is 0.0268. The molecule has 0 aliphatic carbocycles. The average Bonchev–Trinajstić information content (AvgIpc) is 2.47. The molecule has 0 spiro atoms. The van der Waals surface area contributed by atoms with Gasteiger partial charge in [0, 0.05) is 24.0 Å². The van der Waals surface area contributed by atoms with Crippen molar-refractivity contribution in [1.82, 2.24) is 4.98 Å². The first-order valence-electron chi connectivity index (χ1n) is 6.60. The van der Waals surface area contributed by atoms with Gasteiger partial charge in [-0.05, 0) is 37.1 Å². The van der Waals surface area contributed by atoms with Crippen LogP contribution in [0, 0.1) is 6.92 Å². The second-order valence-corrected chi connectivity index (χ2v) is 4.69. The average molecular weight is 284 g/mol. The van der Waals surface area contributed by atoms with Crippen LogP contribution in [0.4, 0.5) is 5.69 Å². The number of rotatable bonds is 5. The molecule has 1 heterocycles. The van der Waals surface area contributed by atoms with Crippen molar-refractivity contribution in [2.24, 2.45) is 0 Å². The van der Waals surface area contributed by atoms with Crippen molar-refractivity contribution in [3.05, 3.63) is 59.4 Å². The van der Waals surface area contributed by atoms with E-state index in [0.29, 0.717) is 17.7 Å². The molecule has 0 radical (unpaired) electrons. The van der Waals surface area contributed by atoms with E-state index in [-0.39, 0.29) is 12.3 Å². The first kappa shape index (κ1) is 14.7. The normalized spacial score (nSPS) is 10.1. The maximum absolute atomic E-state index is 12.1. The minimum Gasteiger partial charge on any atom is -0.481 e. The van der Waals surface area contributed by atoms with Crippen LogP contribution in [0.15, 0.2) is 42.6 Å². The lowest BCUT2D eigenvalue weighted by Gasteiger charge is -2.10. The molecule has 1 aromatic heterocycles. The van der Waals surface area contributed by atoms with E-state index in [1.807, 2.05) is 19.1 Å². The number of carbonyl (C=O) groups excluding carboxylic acids is 1. The summed E-state index contributed by atoms with van der Waals surface area (Å²) in [6, 6.07) is 10.7. The zero-order valence-corrected chi connectivity index (χ0v) is 11.7. The summed E-state index contributed by atoms with van der Waals surface area (Å²) < 4.78 is 0. The highest BCUT2D eigenvalue weighted by Gasteiger charge is 2.10. The molecule has 0 aliphatic heterocycles. The molecule has 2 aromatic rings. The molecule has 0 atom stereocenters. The number of hydrogen-bond donors (Lipinski definition) is 2. The second-order valence-electron chi connectivity index (χ2n) is 4.69. The smallest absolute Gasteiger partial charge is 0.303 e. The number of carbonyl (C=O) groups is 2. The van der Waals surface area contributed by atoms with Crippen molar-refractivity contribution in [2.45, 2.75) is 19.8 Å². The predicted molar refractivity (Wildman–Crippen MR) is 79.3 cm³/mol. The van der Waals surface area contributed by atoms with Gasteiger partial charge >= 0.3 is 5.97 Å². The molecule has 21 heavy (non-hydrogen) atoms. The Labute approximate surface area is 122 Å². The molecule has 0 saturated carbocycles. The number of benzene rings is 1. The van der Waals surface area contributed by atoms with Crippen LogP contribution < -0.4 is 5.32 Å². The molecule has 0 aliphatic rings. The fourth-order valence-electron chi connectivity index (χ4n) is 1.90. The van der Waals surface area contributed by atoms with E-state index in [4.69, 9.17) is 5.11 Å². The molecule has 5 heteroatoms. The number of carboxylic acids is 1. The second kappa shape index (κ2) is 6.65. The molecule has 108 valence electrons. The van der Waals surface area contributed by atoms with E-state index in [0.717, 1.165) is 11.3 Å². The number of nitrogens with one attached hydrogen (secondary N) is 1. The van der Waals surface area contributed by atoms with Crippen LogP contribution in [0.2, 0.25) is 0 Å². The highest BCUT2D eigenvalue weighted by molar-refractivity contribution is 6.04. The van der Waals surface area contributed by atoms with Gasteiger partial charge in [0.05, 0.1) is 5.56 Å². The number of anilines is 1. The maximum atomic E-state index is 12.1. The lowest BCUT2D eigenvalue weighted by atomic mass is 10.1. The molecule has 1 amide bonds. The van der Waals surface area contributed by atoms with Crippen LogP contribution in [0.3, 0.4) is 0 Å². The number of aliphatic carboxylic acids is 1. The van der Waals surface area contributed by atoms with Crippen LogP contribution in [0.1, 0.15) is 28.0 Å². The van der Waals surface area contributed by atoms with Gasteiger partial charge in [0.2, 0.25) is 0 Å². The molecule has 1 aromatic carbocycles. The summed E-state index contributed by atoms with van der Waals surface area (Å²) in [5, 5.41) is 11.6. The summed E-state index contributed by atoms with van der Waals surface area (Å²) in [4.78, 5) is 26.9. The van der Waals surface area contributed by atoms with E-state index in [1.165, 1.54) is 6.20 Å². The minimum atomic E-state index is -0.862. The topological polar surface area (TPSA) is 79.3 Å². The number of carboxylic acid groups (broad SMARTS) is 1. The van der Waals surface area contributed by atoms with Crippen molar-refractivity contribution in [3.63, 3.8) is 0 Å². The molecule has 5 nitrogen and oxygen atoms in total. The van der Waals surface area contributed by atoms with Crippen LogP contribution in [-0.2, 0) is 11.2 Å². The maximum Gasteiger partial charge on any atom is 0.303 e. The summed E-state index contributed by atoms with van der Waals surface area (Å²) >= 11 is 0. The zero-order valence-electron chi connectivity index (χ0n) is 11.7. The third-order valence-corrected chi connectivity index (χ3v) is 3.05. The fourth-order valence-corrected chi connectivity index (χ4v) is 1.90. The number of aromatic nitrogens is 1. The fraction of sp³-hybridized carbons (Fsp3) is 0.188. The van der Waals surface area contributed by atoms with Crippen molar-refractivity contribution in [3.8, 4) is 0 Å².